The molecule has 2 unspecified atom stereocenters. The van der Waals surface area contributed by atoms with Gasteiger partial charge < -0.3 is 11.1 Å². The molecule has 0 radical (unpaired) electrons. The van der Waals surface area contributed by atoms with Crippen LogP contribution in [0.5, 0.6) is 0 Å². The van der Waals surface area contributed by atoms with Gasteiger partial charge in [0.1, 0.15) is 0 Å². The monoisotopic (exact) mass is 379 g/mol. The number of nitrogens with two attached hydrogens (primary N) is 1. The predicted octanol–water partition coefficient (Wildman–Crippen LogP) is 3.36. The van der Waals surface area contributed by atoms with E-state index in [1.54, 1.807) is 6.92 Å². The third kappa shape index (κ3) is 4.49. The van der Waals surface area contributed by atoms with Crippen LogP contribution in [-0.4, -0.2) is 35.1 Å². The second kappa shape index (κ2) is 8.25. The maximum atomic E-state index is 9.59. The molecule has 5 aliphatic heterocycles. The summed E-state index contributed by atoms with van der Waals surface area (Å²) in [6, 6.07) is 0.934. The van der Waals surface area contributed by atoms with Gasteiger partial charge in [-0.05, 0) is 69.6 Å². The number of hydrogen-bond donors (Lipinski definition) is 2. The van der Waals surface area contributed by atoms with Crippen molar-refractivity contribution in [2.45, 2.75) is 76.8 Å². The average molecular weight is 380 g/mol. The van der Waals surface area contributed by atoms with Crippen LogP contribution in [0, 0.1) is 0 Å². The van der Waals surface area contributed by atoms with Crippen LogP contribution in [0.1, 0.15) is 64.7 Å². The van der Waals surface area contributed by atoms with E-state index in [0.29, 0.717) is 18.5 Å². The molecule has 0 aliphatic carbocycles. The van der Waals surface area contributed by atoms with E-state index in [9.17, 15) is 4.79 Å². The van der Waals surface area contributed by atoms with Crippen molar-refractivity contribution in [2.75, 3.05) is 0 Å². The minimum atomic E-state index is -0.245. The lowest BCUT2D eigenvalue weighted by molar-refractivity contribution is -0.117. The molecule has 1 amide bonds. The highest BCUT2D eigenvalue weighted by atomic mass is 16.1. The third-order valence-corrected chi connectivity index (χ3v) is 5.79. The fourth-order valence-electron chi connectivity index (χ4n) is 4.24. The Kier molecular flexibility index (Phi) is 5.55. The smallest absolute Gasteiger partial charge is 0.217 e. The number of nitrogens with one attached hydrogen (secondary N) is 1. The normalized spacial score (nSPS) is 33.2. The van der Waals surface area contributed by atoms with Gasteiger partial charge in [0.05, 0.1) is 6.04 Å². The van der Waals surface area contributed by atoms with Crippen LogP contribution in [0.4, 0.5) is 0 Å². The summed E-state index contributed by atoms with van der Waals surface area (Å²) in [5, 5.41) is 3.71. The van der Waals surface area contributed by atoms with E-state index in [4.69, 9.17) is 15.0 Å². The molecule has 28 heavy (non-hydrogen) atoms. The van der Waals surface area contributed by atoms with Crippen LogP contribution >= 0.6 is 0 Å². The van der Waals surface area contributed by atoms with Crippen LogP contribution in [0.3, 0.4) is 0 Å². The van der Waals surface area contributed by atoms with Crippen molar-refractivity contribution in [1.82, 2.24) is 5.32 Å². The van der Waals surface area contributed by atoms with Crippen LogP contribution in [0.2, 0.25) is 0 Å². The Morgan fingerprint density at radius 1 is 0.964 bits per heavy atom. The molecule has 6 heteroatoms. The fourth-order valence-corrected chi connectivity index (χ4v) is 4.24. The van der Waals surface area contributed by atoms with Gasteiger partial charge in [0.2, 0.25) is 5.91 Å². The Morgan fingerprint density at radius 2 is 1.61 bits per heavy atom. The van der Waals surface area contributed by atoms with E-state index in [0.717, 1.165) is 38.5 Å². The highest BCUT2D eigenvalue weighted by Crippen LogP contribution is 2.29. The first kappa shape index (κ1) is 18.8. The number of fused-ring (bicyclic) bond motifs is 6. The molecule has 0 spiro atoms. The summed E-state index contributed by atoms with van der Waals surface area (Å²) in [5.74, 6) is -0.245. The second-order valence-corrected chi connectivity index (χ2v) is 7.98. The summed E-state index contributed by atoms with van der Waals surface area (Å²) in [6.07, 6.45) is 16.0. The number of primary amides is 1. The molecule has 6 nitrogen and oxygen atoms in total. The number of nitrogens with zero attached hydrogens (tertiary/aromatic N) is 3. The highest BCUT2D eigenvalue weighted by molar-refractivity contribution is 6.03. The van der Waals surface area contributed by atoms with Crippen molar-refractivity contribution in [3.8, 4) is 0 Å². The van der Waals surface area contributed by atoms with Crippen molar-refractivity contribution < 1.29 is 4.79 Å². The van der Waals surface area contributed by atoms with E-state index < -0.39 is 0 Å². The minimum absolute atomic E-state index is 0.245. The standard InChI is InChI=1S/C19H22N4.C3H7NO/c1-3-14-10-16-5-7-18(22-16)19-8-6-17(23-19)11-15-4-2-13(21-15)9-12(1)20-14;1-2-3(4)5/h9-11,18-19,22H,1-8H2;2H2,1H3,(H2,4,5)/b12-9-,15-11-,16-10-;. The molecule has 5 aliphatic rings. The number of carbonyl (C=O) groups excluding carboxylic acids is 1. The zero-order valence-electron chi connectivity index (χ0n) is 16.6. The van der Waals surface area contributed by atoms with Crippen molar-refractivity contribution in [2.24, 2.45) is 20.7 Å². The van der Waals surface area contributed by atoms with Gasteiger partial charge in [0.25, 0.3) is 0 Å². The summed E-state index contributed by atoms with van der Waals surface area (Å²) in [4.78, 5) is 24.2. The fraction of sp³-hybridized carbons (Fsp3) is 0.545. The van der Waals surface area contributed by atoms with Gasteiger partial charge in [0.15, 0.2) is 0 Å². The van der Waals surface area contributed by atoms with Gasteiger partial charge in [0, 0.05) is 46.7 Å². The number of carbonyl (C=O) groups is 1. The Balaban J connectivity index is 0.000000346. The lowest BCUT2D eigenvalue weighted by Crippen LogP contribution is -2.31. The lowest BCUT2D eigenvalue weighted by Gasteiger charge is -2.16. The van der Waals surface area contributed by atoms with Crippen LogP contribution in [0.25, 0.3) is 0 Å². The SMILES string of the molecule is C1=C2/CCC(=N2)/C=C2/CCC(N2)C2CCC(=N2)/C=C2/CCC/1=N2.CCC(N)=O. The topological polar surface area (TPSA) is 92.2 Å². The average Bonchev–Trinajstić information content (AvgIpc) is 3.45. The van der Waals surface area contributed by atoms with E-state index in [1.807, 2.05) is 0 Å². The van der Waals surface area contributed by atoms with E-state index in [1.165, 1.54) is 47.1 Å². The third-order valence-electron chi connectivity index (χ3n) is 5.79. The van der Waals surface area contributed by atoms with Gasteiger partial charge in [-0.2, -0.15) is 0 Å². The number of amides is 1. The van der Waals surface area contributed by atoms with Gasteiger partial charge in [-0.15, -0.1) is 0 Å². The summed E-state index contributed by atoms with van der Waals surface area (Å²) in [5.41, 5.74) is 12.1. The first-order chi connectivity index (χ1) is 13.6. The lowest BCUT2D eigenvalue weighted by atomic mass is 10.0. The maximum absolute atomic E-state index is 9.59. The molecule has 0 saturated carbocycles. The zero-order valence-corrected chi connectivity index (χ0v) is 16.6. The Morgan fingerprint density at radius 3 is 2.29 bits per heavy atom. The van der Waals surface area contributed by atoms with Crippen molar-refractivity contribution >= 4 is 23.0 Å². The van der Waals surface area contributed by atoms with Gasteiger partial charge in [-0.1, -0.05) is 6.92 Å². The molecule has 3 N–H and O–H groups in total. The Hall–Kier alpha value is -2.50. The van der Waals surface area contributed by atoms with Gasteiger partial charge >= 0.3 is 0 Å². The summed E-state index contributed by atoms with van der Waals surface area (Å²) in [7, 11) is 0. The maximum Gasteiger partial charge on any atom is 0.217 e. The van der Waals surface area contributed by atoms with Gasteiger partial charge in [-0.25, -0.2) is 0 Å². The molecule has 5 rings (SSSR count). The number of allylic oxidation sites excluding steroid dienone is 6. The quantitative estimate of drug-likeness (QED) is 0.731. The van der Waals surface area contributed by atoms with Crippen LogP contribution < -0.4 is 11.1 Å². The van der Waals surface area contributed by atoms with Crippen LogP contribution in [-0.2, 0) is 4.79 Å². The molecule has 0 aromatic rings. The number of rotatable bonds is 1. The molecular formula is C22H29N5O. The largest absolute Gasteiger partial charge is 0.383 e. The van der Waals surface area contributed by atoms with Crippen molar-refractivity contribution in [1.29, 1.82) is 0 Å². The molecule has 5 heterocycles. The summed E-state index contributed by atoms with van der Waals surface area (Å²) in [6.45, 7) is 1.72. The predicted molar refractivity (Wildman–Crippen MR) is 114 cm³/mol. The molecular weight excluding hydrogens is 350 g/mol. The first-order valence-electron chi connectivity index (χ1n) is 10.5. The minimum Gasteiger partial charge on any atom is -0.383 e. The van der Waals surface area contributed by atoms with E-state index in [2.05, 4.69) is 29.3 Å². The summed E-state index contributed by atoms with van der Waals surface area (Å²) < 4.78 is 0. The summed E-state index contributed by atoms with van der Waals surface area (Å²) >= 11 is 0. The van der Waals surface area contributed by atoms with E-state index >= 15 is 0 Å². The first-order valence-corrected chi connectivity index (χ1v) is 10.5. The highest BCUT2D eigenvalue weighted by Gasteiger charge is 2.30. The second-order valence-electron chi connectivity index (χ2n) is 7.98. The molecule has 2 atom stereocenters. The molecule has 148 valence electrons. The molecule has 1 saturated heterocycles. The molecule has 8 bridgehead atoms. The van der Waals surface area contributed by atoms with Gasteiger partial charge in [-0.3, -0.25) is 19.8 Å². The molecule has 1 fully saturated rings. The zero-order chi connectivity index (χ0) is 19.5. The number of aliphatic imine (C=N–C) groups is 3. The van der Waals surface area contributed by atoms with Crippen molar-refractivity contribution in [3.05, 3.63) is 35.3 Å². The number of hydrogen-bond acceptors (Lipinski definition) is 5. The Bertz CT molecular complexity index is 843. The van der Waals surface area contributed by atoms with Crippen LogP contribution in [0.15, 0.2) is 50.3 Å². The Labute approximate surface area is 166 Å². The molecule has 0 aromatic heterocycles. The van der Waals surface area contributed by atoms with Crippen molar-refractivity contribution in [3.63, 3.8) is 0 Å². The van der Waals surface area contributed by atoms with E-state index in [-0.39, 0.29) is 5.91 Å². The molecule has 0 aromatic carbocycles.